The number of nitrogens with two attached hydrogens (primary N) is 1. The molecule has 2 aromatic carbocycles. The van der Waals surface area contributed by atoms with E-state index in [0.717, 1.165) is 5.69 Å². The largest absolute Gasteiger partial charge is 0.446 e. The van der Waals surface area contributed by atoms with Crippen molar-refractivity contribution >= 4 is 35.0 Å². The van der Waals surface area contributed by atoms with E-state index in [-0.39, 0.29) is 0 Å². The molecule has 3 N–H and O–H groups in total. The topological polar surface area (TPSA) is 75.8 Å². The molecular weight excluding hydrogens is 387 g/mol. The lowest BCUT2D eigenvalue weighted by atomic mass is 9.83. The van der Waals surface area contributed by atoms with Crippen molar-refractivity contribution in [2.75, 3.05) is 19.0 Å². The van der Waals surface area contributed by atoms with Crippen LogP contribution >= 0.6 is 23.2 Å². The van der Waals surface area contributed by atoms with Crippen LogP contribution in [0.5, 0.6) is 0 Å². The van der Waals surface area contributed by atoms with E-state index >= 15 is 0 Å². The van der Waals surface area contributed by atoms with Gasteiger partial charge < -0.3 is 20.5 Å². The molecule has 0 saturated heterocycles. The van der Waals surface area contributed by atoms with E-state index in [1.54, 1.807) is 18.2 Å². The maximum Gasteiger partial charge on any atom is 0.404 e. The third-order valence-corrected chi connectivity index (χ3v) is 5.21. The average molecular weight is 411 g/mol. The fourth-order valence-corrected chi connectivity index (χ4v) is 3.38. The highest BCUT2D eigenvalue weighted by Gasteiger charge is 2.33. The van der Waals surface area contributed by atoms with Crippen LogP contribution in [0.4, 0.5) is 10.5 Å². The van der Waals surface area contributed by atoms with Gasteiger partial charge >= 0.3 is 6.09 Å². The Hall–Kier alpha value is -1.95. The van der Waals surface area contributed by atoms with Gasteiger partial charge in [-0.1, -0.05) is 48.3 Å². The second-order valence-electron chi connectivity index (χ2n) is 6.52. The molecule has 2 rings (SSSR count). The predicted octanol–water partition coefficient (Wildman–Crippen LogP) is 4.75. The number of rotatable bonds is 7. The molecular formula is C20H24Cl2N2O3. The molecule has 3 unspecified atom stereocenters. The van der Waals surface area contributed by atoms with Gasteiger partial charge in [0, 0.05) is 19.8 Å². The molecule has 0 aromatic heterocycles. The number of hydrogen-bond donors (Lipinski definition) is 2. The number of ether oxygens (including phenoxy) is 1. The van der Waals surface area contributed by atoms with Gasteiger partial charge in [-0.3, -0.25) is 0 Å². The zero-order chi connectivity index (χ0) is 20.1. The molecule has 0 aliphatic rings. The number of carbonyl (C=O) groups excluding carboxylic acids is 1. The number of carbonyl (C=O) groups is 1. The van der Waals surface area contributed by atoms with E-state index in [1.807, 2.05) is 50.2 Å². The molecule has 0 aliphatic carbocycles. The number of nitrogens with zero attached hydrogens (tertiary/aromatic N) is 1. The highest BCUT2D eigenvalue weighted by atomic mass is 35.5. The molecule has 146 valence electrons. The maximum atomic E-state index is 11.4. The summed E-state index contributed by atoms with van der Waals surface area (Å²) in [5.41, 5.74) is 7.60. The number of aliphatic hydroxyl groups is 1. The Labute approximate surface area is 169 Å². The lowest BCUT2D eigenvalue weighted by Gasteiger charge is -2.31. The second-order valence-corrected chi connectivity index (χ2v) is 7.33. The molecule has 0 aliphatic heterocycles. The third kappa shape index (κ3) is 5.28. The van der Waals surface area contributed by atoms with E-state index < -0.39 is 24.2 Å². The molecule has 0 bridgehead atoms. The van der Waals surface area contributed by atoms with Crippen molar-refractivity contribution in [1.29, 1.82) is 0 Å². The van der Waals surface area contributed by atoms with Crippen molar-refractivity contribution in [2.45, 2.75) is 31.5 Å². The van der Waals surface area contributed by atoms with Gasteiger partial charge in [0.25, 0.3) is 0 Å². The fraction of sp³-hybridized carbons (Fsp3) is 0.350. The molecule has 3 atom stereocenters. The SMILES string of the molecule is CCC(OC(N)=O)C(c1ccc(Cl)c(Cl)c1)C(O)c1cccc(N(C)C)c1. The minimum Gasteiger partial charge on any atom is -0.446 e. The van der Waals surface area contributed by atoms with E-state index in [0.29, 0.717) is 27.6 Å². The summed E-state index contributed by atoms with van der Waals surface area (Å²) in [5.74, 6) is -0.560. The summed E-state index contributed by atoms with van der Waals surface area (Å²) in [6.45, 7) is 1.86. The highest BCUT2D eigenvalue weighted by molar-refractivity contribution is 6.42. The smallest absolute Gasteiger partial charge is 0.404 e. The number of amides is 1. The second kappa shape index (κ2) is 9.31. The molecule has 5 nitrogen and oxygen atoms in total. The molecule has 27 heavy (non-hydrogen) atoms. The van der Waals surface area contributed by atoms with Crippen LogP contribution in [0, 0.1) is 0 Å². The molecule has 0 heterocycles. The van der Waals surface area contributed by atoms with E-state index in [2.05, 4.69) is 0 Å². The van der Waals surface area contributed by atoms with Crippen LogP contribution in [-0.2, 0) is 4.74 Å². The van der Waals surface area contributed by atoms with E-state index in [1.165, 1.54) is 0 Å². The summed E-state index contributed by atoms with van der Waals surface area (Å²) in [4.78, 5) is 13.3. The zero-order valence-electron chi connectivity index (χ0n) is 15.5. The normalized spacial score (nSPS) is 14.3. The van der Waals surface area contributed by atoms with Crippen LogP contribution < -0.4 is 10.6 Å². The van der Waals surface area contributed by atoms with Gasteiger partial charge in [0.05, 0.1) is 22.1 Å². The Bertz CT molecular complexity index is 799. The maximum absolute atomic E-state index is 11.4. The van der Waals surface area contributed by atoms with Gasteiger partial charge in [0.1, 0.15) is 6.10 Å². The number of aliphatic hydroxyl groups excluding tert-OH is 1. The minimum absolute atomic E-state index is 0.363. The Kier molecular flexibility index (Phi) is 7.36. The predicted molar refractivity (Wildman–Crippen MR) is 110 cm³/mol. The van der Waals surface area contributed by atoms with Crippen molar-refractivity contribution < 1.29 is 14.6 Å². The summed E-state index contributed by atoms with van der Waals surface area (Å²) in [5, 5.41) is 12.0. The summed E-state index contributed by atoms with van der Waals surface area (Å²) in [6, 6.07) is 12.7. The molecule has 7 heteroatoms. The van der Waals surface area contributed by atoms with Gasteiger partial charge in [-0.15, -0.1) is 0 Å². The molecule has 1 amide bonds. The van der Waals surface area contributed by atoms with Crippen molar-refractivity contribution in [3.63, 3.8) is 0 Å². The number of halogens is 2. The van der Waals surface area contributed by atoms with Gasteiger partial charge in [-0.25, -0.2) is 4.79 Å². The first-order valence-corrected chi connectivity index (χ1v) is 9.36. The van der Waals surface area contributed by atoms with Crippen LogP contribution in [0.15, 0.2) is 42.5 Å². The Balaban J connectivity index is 2.51. The van der Waals surface area contributed by atoms with E-state index in [4.69, 9.17) is 33.7 Å². The first-order valence-electron chi connectivity index (χ1n) is 8.61. The number of hydrogen-bond acceptors (Lipinski definition) is 4. The first-order chi connectivity index (χ1) is 12.7. The first kappa shape index (κ1) is 21.4. The lowest BCUT2D eigenvalue weighted by Crippen LogP contribution is -2.31. The van der Waals surface area contributed by atoms with Crippen LogP contribution in [0.1, 0.15) is 36.5 Å². The molecule has 2 aromatic rings. The number of primary amides is 1. The van der Waals surface area contributed by atoms with Crippen LogP contribution in [0.2, 0.25) is 10.0 Å². The van der Waals surface area contributed by atoms with Gasteiger partial charge in [-0.2, -0.15) is 0 Å². The molecule has 0 fully saturated rings. The zero-order valence-corrected chi connectivity index (χ0v) is 17.0. The third-order valence-electron chi connectivity index (χ3n) is 4.47. The Morgan fingerprint density at radius 2 is 1.85 bits per heavy atom. The van der Waals surface area contributed by atoms with Gasteiger partial charge in [0.15, 0.2) is 0 Å². The van der Waals surface area contributed by atoms with E-state index in [9.17, 15) is 9.90 Å². The summed E-state index contributed by atoms with van der Waals surface area (Å²) >= 11 is 12.2. The summed E-state index contributed by atoms with van der Waals surface area (Å²) in [7, 11) is 3.85. The summed E-state index contributed by atoms with van der Waals surface area (Å²) < 4.78 is 5.30. The monoisotopic (exact) mass is 410 g/mol. The van der Waals surface area contributed by atoms with Crippen molar-refractivity contribution in [2.24, 2.45) is 5.73 Å². The standard InChI is InChI=1S/C20H24Cl2N2O3/c1-4-17(27-20(23)26)18(12-8-9-15(21)16(22)11-12)19(25)13-6-5-7-14(10-13)24(2)3/h5-11,17-19,25H,4H2,1-3H3,(H2,23,26). The molecule has 0 spiro atoms. The Morgan fingerprint density at radius 3 is 2.41 bits per heavy atom. The quantitative estimate of drug-likeness (QED) is 0.690. The average Bonchev–Trinajstić information content (AvgIpc) is 2.63. The Morgan fingerprint density at radius 1 is 1.15 bits per heavy atom. The summed E-state index contributed by atoms with van der Waals surface area (Å²) in [6.07, 6.45) is -1.98. The number of anilines is 1. The highest BCUT2D eigenvalue weighted by Crippen LogP contribution is 2.39. The molecule has 0 radical (unpaired) electrons. The van der Waals surface area contributed by atoms with Crippen LogP contribution in [0.25, 0.3) is 0 Å². The lowest BCUT2D eigenvalue weighted by molar-refractivity contribution is 0.0339. The van der Waals surface area contributed by atoms with Gasteiger partial charge in [-0.05, 0) is 41.8 Å². The van der Waals surface area contributed by atoms with Crippen molar-refractivity contribution in [1.82, 2.24) is 0 Å². The van der Waals surface area contributed by atoms with Crippen molar-refractivity contribution in [3.05, 3.63) is 63.6 Å². The van der Waals surface area contributed by atoms with Gasteiger partial charge in [0.2, 0.25) is 0 Å². The van der Waals surface area contributed by atoms with Crippen molar-refractivity contribution in [3.8, 4) is 0 Å². The fourth-order valence-electron chi connectivity index (χ4n) is 3.07. The molecule has 0 saturated carbocycles. The minimum atomic E-state index is -0.938. The van der Waals surface area contributed by atoms with Crippen LogP contribution in [-0.4, -0.2) is 31.4 Å². The number of benzene rings is 2. The van der Waals surface area contributed by atoms with Crippen LogP contribution in [0.3, 0.4) is 0 Å².